The Kier molecular flexibility index (Phi) is 5.54. The molecule has 20 heavy (non-hydrogen) atoms. The van der Waals surface area contributed by atoms with Crippen LogP contribution in [0.4, 0.5) is 0 Å². The normalized spacial score (nSPS) is 17.3. The summed E-state index contributed by atoms with van der Waals surface area (Å²) in [6.07, 6.45) is 6.87. The largest absolute Gasteiger partial charge is 0.363 e. The molecule has 1 aliphatic rings. The minimum Gasteiger partial charge on any atom is -0.363 e. The quantitative estimate of drug-likeness (QED) is 0.648. The molecule has 0 radical (unpaired) electrons. The molecular formula is C13H23N3O2S2. The molecule has 0 bridgehead atoms. The van der Waals surface area contributed by atoms with Crippen LogP contribution in [0.25, 0.3) is 0 Å². The zero-order valence-electron chi connectivity index (χ0n) is 12.0. The van der Waals surface area contributed by atoms with Crippen molar-refractivity contribution < 1.29 is 8.42 Å². The molecule has 1 atom stereocenters. The lowest BCUT2D eigenvalue weighted by Gasteiger charge is -2.08. The van der Waals surface area contributed by atoms with E-state index in [0.717, 1.165) is 12.1 Å². The highest BCUT2D eigenvalue weighted by molar-refractivity contribution is 7.99. The predicted molar refractivity (Wildman–Crippen MR) is 83.4 cm³/mol. The first-order valence-corrected chi connectivity index (χ1v) is 9.71. The fourth-order valence-corrected chi connectivity index (χ4v) is 3.23. The second kappa shape index (κ2) is 6.98. The van der Waals surface area contributed by atoms with Crippen molar-refractivity contribution in [3.63, 3.8) is 0 Å². The van der Waals surface area contributed by atoms with Crippen LogP contribution in [-0.2, 0) is 16.6 Å². The maximum Gasteiger partial charge on any atom is 0.242 e. The van der Waals surface area contributed by atoms with Gasteiger partial charge in [-0.05, 0) is 31.6 Å². The van der Waals surface area contributed by atoms with Gasteiger partial charge in [0.2, 0.25) is 10.0 Å². The second-order valence-corrected chi connectivity index (χ2v) is 8.29. The molecule has 1 aromatic heterocycles. The molecule has 3 N–H and O–H groups in total. The van der Waals surface area contributed by atoms with Gasteiger partial charge in [-0.25, -0.2) is 13.1 Å². The Morgan fingerprint density at radius 3 is 2.90 bits per heavy atom. The Morgan fingerprint density at radius 2 is 2.25 bits per heavy atom. The maximum atomic E-state index is 12.1. The highest BCUT2D eigenvalue weighted by Crippen LogP contribution is 2.19. The van der Waals surface area contributed by atoms with Crippen LogP contribution in [0.2, 0.25) is 0 Å². The number of nitrogens with one attached hydrogen (secondary N) is 3. The van der Waals surface area contributed by atoms with Gasteiger partial charge in [0.05, 0.1) is 4.90 Å². The summed E-state index contributed by atoms with van der Waals surface area (Å²) in [4.78, 5) is 3.34. The van der Waals surface area contributed by atoms with E-state index in [-0.39, 0.29) is 0 Å². The predicted octanol–water partition coefficient (Wildman–Crippen LogP) is 1.69. The molecule has 2 rings (SSSR count). The molecule has 0 aromatic carbocycles. The third kappa shape index (κ3) is 4.80. The van der Waals surface area contributed by atoms with Crippen molar-refractivity contribution in [3.05, 3.63) is 18.0 Å². The number of aromatic amines is 1. The maximum absolute atomic E-state index is 12.1. The molecule has 114 valence electrons. The second-order valence-electron chi connectivity index (χ2n) is 5.25. The lowest BCUT2D eigenvalue weighted by molar-refractivity contribution is 0.579. The Labute approximate surface area is 125 Å². The third-order valence-electron chi connectivity index (χ3n) is 3.43. The minimum absolute atomic E-state index is 0.321. The Morgan fingerprint density at radius 1 is 1.50 bits per heavy atom. The van der Waals surface area contributed by atoms with Crippen LogP contribution in [0.3, 0.4) is 0 Å². The topological polar surface area (TPSA) is 74.0 Å². The lowest BCUT2D eigenvalue weighted by atomic mass is 10.3. The first-order valence-electron chi connectivity index (χ1n) is 6.94. The molecule has 1 heterocycles. The van der Waals surface area contributed by atoms with Gasteiger partial charge in [-0.3, -0.25) is 0 Å². The first-order chi connectivity index (χ1) is 9.51. The van der Waals surface area contributed by atoms with E-state index < -0.39 is 10.0 Å². The van der Waals surface area contributed by atoms with Crippen molar-refractivity contribution in [2.75, 3.05) is 12.8 Å². The van der Waals surface area contributed by atoms with Gasteiger partial charge in [-0.2, -0.15) is 11.8 Å². The van der Waals surface area contributed by atoms with Crippen LogP contribution in [0.5, 0.6) is 0 Å². The zero-order chi connectivity index (χ0) is 14.6. The van der Waals surface area contributed by atoms with Crippen molar-refractivity contribution in [2.24, 2.45) is 0 Å². The number of hydrogen-bond acceptors (Lipinski definition) is 4. The number of sulfonamides is 1. The summed E-state index contributed by atoms with van der Waals surface area (Å²) in [7, 11) is -3.38. The van der Waals surface area contributed by atoms with E-state index in [1.165, 1.54) is 12.8 Å². The average Bonchev–Trinajstić information content (AvgIpc) is 3.12. The van der Waals surface area contributed by atoms with Crippen molar-refractivity contribution in [3.8, 4) is 0 Å². The summed E-state index contributed by atoms with van der Waals surface area (Å²) in [5.41, 5.74) is 0.912. The van der Waals surface area contributed by atoms with E-state index in [1.54, 1.807) is 24.0 Å². The van der Waals surface area contributed by atoms with Crippen LogP contribution in [0, 0.1) is 0 Å². The van der Waals surface area contributed by atoms with E-state index in [4.69, 9.17) is 0 Å². The molecule has 0 aliphatic heterocycles. The van der Waals surface area contributed by atoms with E-state index >= 15 is 0 Å². The summed E-state index contributed by atoms with van der Waals surface area (Å²) < 4.78 is 26.9. The van der Waals surface area contributed by atoms with E-state index in [9.17, 15) is 8.42 Å². The van der Waals surface area contributed by atoms with Gasteiger partial charge in [-0.1, -0.05) is 6.92 Å². The molecule has 1 aromatic rings. The summed E-state index contributed by atoms with van der Waals surface area (Å²) in [6, 6.07) is 2.32. The number of thioether (sulfide) groups is 1. The molecule has 1 aliphatic carbocycles. The highest BCUT2D eigenvalue weighted by Gasteiger charge is 2.21. The molecule has 1 saturated carbocycles. The molecule has 1 fully saturated rings. The van der Waals surface area contributed by atoms with Crippen LogP contribution in [-0.4, -0.2) is 37.5 Å². The van der Waals surface area contributed by atoms with Crippen molar-refractivity contribution in [1.82, 2.24) is 15.0 Å². The molecular weight excluding hydrogens is 294 g/mol. The van der Waals surface area contributed by atoms with Crippen molar-refractivity contribution in [2.45, 2.75) is 48.9 Å². The average molecular weight is 317 g/mol. The fourth-order valence-electron chi connectivity index (χ4n) is 1.82. The molecule has 0 amide bonds. The summed E-state index contributed by atoms with van der Waals surface area (Å²) in [5.74, 6) is 0. The summed E-state index contributed by atoms with van der Waals surface area (Å²) in [5, 5.41) is 3.81. The van der Waals surface area contributed by atoms with Crippen molar-refractivity contribution >= 4 is 21.8 Å². The minimum atomic E-state index is -3.38. The smallest absolute Gasteiger partial charge is 0.242 e. The van der Waals surface area contributed by atoms with Gasteiger partial charge in [0.1, 0.15) is 0 Å². The number of H-pyrrole nitrogens is 1. The fraction of sp³-hybridized carbons (Fsp3) is 0.692. The lowest BCUT2D eigenvalue weighted by Crippen LogP contribution is -2.26. The van der Waals surface area contributed by atoms with E-state index in [1.807, 2.05) is 6.26 Å². The van der Waals surface area contributed by atoms with Gasteiger partial charge in [0, 0.05) is 36.3 Å². The van der Waals surface area contributed by atoms with Crippen LogP contribution < -0.4 is 10.0 Å². The molecule has 7 heteroatoms. The van der Waals surface area contributed by atoms with Crippen LogP contribution >= 0.6 is 11.8 Å². The Bertz CT molecular complexity index is 523. The van der Waals surface area contributed by atoms with Crippen molar-refractivity contribution in [1.29, 1.82) is 0 Å². The SMILES string of the molecule is CSC(C)CCNS(=O)(=O)c1c[nH]c(CNC2CC2)c1. The van der Waals surface area contributed by atoms with Gasteiger partial charge in [0.15, 0.2) is 0 Å². The third-order valence-corrected chi connectivity index (χ3v) is 5.91. The van der Waals surface area contributed by atoms with Gasteiger partial charge in [-0.15, -0.1) is 0 Å². The molecule has 1 unspecified atom stereocenters. The summed E-state index contributed by atoms with van der Waals surface area (Å²) >= 11 is 1.74. The first kappa shape index (κ1) is 15.9. The van der Waals surface area contributed by atoms with Gasteiger partial charge in [0.25, 0.3) is 0 Å². The Hall–Kier alpha value is -0.500. The van der Waals surface area contributed by atoms with Gasteiger partial charge < -0.3 is 10.3 Å². The standard InChI is InChI=1S/C13H23N3O2S2/c1-10(19-2)5-6-16-20(17,18)13-7-12(15-9-13)8-14-11-3-4-11/h7,9-11,14-16H,3-6,8H2,1-2H3. The van der Waals surface area contributed by atoms with E-state index in [2.05, 4.69) is 21.9 Å². The number of hydrogen-bond donors (Lipinski definition) is 3. The van der Waals surface area contributed by atoms with E-state index in [0.29, 0.717) is 29.3 Å². The zero-order valence-corrected chi connectivity index (χ0v) is 13.6. The molecule has 0 saturated heterocycles. The van der Waals surface area contributed by atoms with Crippen LogP contribution in [0.15, 0.2) is 17.2 Å². The van der Waals surface area contributed by atoms with Crippen LogP contribution in [0.1, 0.15) is 31.9 Å². The van der Waals surface area contributed by atoms with Gasteiger partial charge >= 0.3 is 0 Å². The monoisotopic (exact) mass is 317 g/mol. The number of rotatable bonds is 9. The molecule has 5 nitrogen and oxygen atoms in total. The summed E-state index contributed by atoms with van der Waals surface area (Å²) in [6.45, 7) is 3.27. The Balaban J connectivity index is 1.84. The molecule has 0 spiro atoms. The highest BCUT2D eigenvalue weighted by atomic mass is 32.2. The number of aromatic nitrogens is 1.